The topological polar surface area (TPSA) is 77.2 Å². The Morgan fingerprint density at radius 1 is 1.45 bits per heavy atom. The first-order valence-electron chi connectivity index (χ1n) is 5.77. The van der Waals surface area contributed by atoms with Gasteiger partial charge in [-0.2, -0.15) is 0 Å². The van der Waals surface area contributed by atoms with Gasteiger partial charge in [0.25, 0.3) is 11.6 Å². The molecule has 2 rings (SSSR count). The van der Waals surface area contributed by atoms with E-state index in [4.69, 9.17) is 11.6 Å². The van der Waals surface area contributed by atoms with Crippen LogP contribution in [0.2, 0.25) is 5.02 Å². The molecule has 104 valence electrons. The lowest BCUT2D eigenvalue weighted by Crippen LogP contribution is -2.16. The molecule has 20 heavy (non-hydrogen) atoms. The van der Waals surface area contributed by atoms with Crippen LogP contribution >= 0.6 is 11.6 Å². The number of amides is 1. The van der Waals surface area contributed by atoms with E-state index in [1.807, 2.05) is 0 Å². The Hall–Kier alpha value is -2.34. The van der Waals surface area contributed by atoms with E-state index in [0.29, 0.717) is 10.7 Å². The van der Waals surface area contributed by atoms with E-state index in [1.54, 1.807) is 32.2 Å². The molecule has 0 aliphatic heterocycles. The maximum Gasteiger partial charge on any atom is 0.287 e. The number of anilines is 1. The Balaban J connectivity index is 2.28. The molecule has 1 aromatic heterocycles. The van der Waals surface area contributed by atoms with Crippen LogP contribution < -0.4 is 5.32 Å². The number of aryl methyl sites for hydroxylation is 1. The van der Waals surface area contributed by atoms with Crippen LogP contribution in [0.25, 0.3) is 0 Å². The smallest absolute Gasteiger partial charge is 0.287 e. The van der Waals surface area contributed by atoms with E-state index >= 15 is 0 Å². The molecule has 1 N–H and O–H groups in total. The van der Waals surface area contributed by atoms with Crippen molar-refractivity contribution in [3.8, 4) is 0 Å². The number of aromatic nitrogens is 1. The molecule has 0 bridgehead atoms. The average molecular weight is 294 g/mol. The molecule has 0 spiro atoms. The maximum absolute atomic E-state index is 12.1. The van der Waals surface area contributed by atoms with Crippen LogP contribution in [-0.2, 0) is 7.05 Å². The maximum atomic E-state index is 12.1. The number of carbonyl (C=O) groups excluding carboxylic acids is 1. The van der Waals surface area contributed by atoms with Gasteiger partial charge in [0.1, 0.15) is 5.69 Å². The van der Waals surface area contributed by atoms with Crippen molar-refractivity contribution < 1.29 is 9.72 Å². The van der Waals surface area contributed by atoms with Crippen LogP contribution in [0.3, 0.4) is 0 Å². The summed E-state index contributed by atoms with van der Waals surface area (Å²) >= 11 is 5.97. The Morgan fingerprint density at radius 3 is 2.75 bits per heavy atom. The van der Waals surface area contributed by atoms with Crippen molar-refractivity contribution in [1.82, 2.24) is 4.57 Å². The van der Waals surface area contributed by atoms with Gasteiger partial charge in [-0.25, -0.2) is 0 Å². The summed E-state index contributed by atoms with van der Waals surface area (Å²) < 4.78 is 1.41. The third kappa shape index (κ3) is 2.65. The number of rotatable bonds is 3. The predicted molar refractivity (Wildman–Crippen MR) is 76.2 cm³/mol. The normalized spacial score (nSPS) is 10.3. The summed E-state index contributed by atoms with van der Waals surface area (Å²) in [6.45, 7) is 1.78. The molecule has 1 heterocycles. The number of nitrogens with zero attached hydrogens (tertiary/aromatic N) is 2. The number of hydrogen-bond acceptors (Lipinski definition) is 3. The highest BCUT2D eigenvalue weighted by Gasteiger charge is 2.18. The van der Waals surface area contributed by atoms with Gasteiger partial charge in [-0.1, -0.05) is 17.7 Å². The standard InChI is InChI=1S/C13H12ClN3O3/c1-8-10(14)4-3-5-11(8)15-13(18)12-6-9(17(19)20)7-16(12)2/h3-7H,1-2H3,(H,15,18). The molecule has 1 amide bonds. The highest BCUT2D eigenvalue weighted by Crippen LogP contribution is 2.24. The first-order valence-corrected chi connectivity index (χ1v) is 6.15. The Kier molecular flexibility index (Phi) is 3.76. The number of nitrogens with one attached hydrogen (secondary N) is 1. The first-order chi connectivity index (χ1) is 9.40. The van der Waals surface area contributed by atoms with Gasteiger partial charge < -0.3 is 9.88 Å². The minimum atomic E-state index is -0.540. The van der Waals surface area contributed by atoms with E-state index in [9.17, 15) is 14.9 Å². The van der Waals surface area contributed by atoms with Crippen molar-refractivity contribution in [2.24, 2.45) is 7.05 Å². The molecule has 0 saturated carbocycles. The molecule has 0 atom stereocenters. The zero-order valence-electron chi connectivity index (χ0n) is 10.9. The average Bonchev–Trinajstić information content (AvgIpc) is 2.77. The zero-order chi connectivity index (χ0) is 14.9. The molecule has 0 aliphatic rings. The molecular formula is C13H12ClN3O3. The minimum Gasteiger partial charge on any atom is -0.340 e. The molecule has 0 radical (unpaired) electrons. The van der Waals surface area contributed by atoms with E-state index in [0.717, 1.165) is 5.56 Å². The van der Waals surface area contributed by atoms with Gasteiger partial charge >= 0.3 is 0 Å². The van der Waals surface area contributed by atoms with Gasteiger partial charge in [-0.05, 0) is 24.6 Å². The first kappa shape index (κ1) is 14.1. The van der Waals surface area contributed by atoms with Crippen LogP contribution in [0.15, 0.2) is 30.5 Å². The Morgan fingerprint density at radius 2 is 2.15 bits per heavy atom. The van der Waals surface area contributed by atoms with Crippen molar-refractivity contribution in [1.29, 1.82) is 0 Å². The summed E-state index contributed by atoms with van der Waals surface area (Å²) in [6, 6.07) is 6.39. The lowest BCUT2D eigenvalue weighted by atomic mass is 10.2. The predicted octanol–water partition coefficient (Wildman–Crippen LogP) is 3.15. The van der Waals surface area contributed by atoms with Gasteiger partial charge in [0, 0.05) is 23.8 Å². The van der Waals surface area contributed by atoms with Gasteiger partial charge in [-0.15, -0.1) is 0 Å². The van der Waals surface area contributed by atoms with Crippen molar-refractivity contribution in [3.63, 3.8) is 0 Å². The van der Waals surface area contributed by atoms with Gasteiger partial charge in [0.05, 0.1) is 11.1 Å². The van der Waals surface area contributed by atoms with E-state index in [1.165, 1.54) is 16.8 Å². The summed E-state index contributed by atoms with van der Waals surface area (Å²) in [5.41, 5.74) is 1.40. The lowest BCUT2D eigenvalue weighted by molar-refractivity contribution is -0.384. The molecule has 0 fully saturated rings. The van der Waals surface area contributed by atoms with Gasteiger partial charge in [-0.3, -0.25) is 14.9 Å². The van der Waals surface area contributed by atoms with Crippen LogP contribution in [0.1, 0.15) is 16.1 Å². The third-order valence-electron chi connectivity index (χ3n) is 2.95. The fourth-order valence-electron chi connectivity index (χ4n) is 1.80. The van der Waals surface area contributed by atoms with Crippen LogP contribution in [0.5, 0.6) is 0 Å². The quantitative estimate of drug-likeness (QED) is 0.697. The van der Waals surface area contributed by atoms with Crippen molar-refractivity contribution in [3.05, 3.63) is 56.9 Å². The number of carbonyl (C=O) groups is 1. The van der Waals surface area contributed by atoms with Crippen LogP contribution in [0, 0.1) is 17.0 Å². The summed E-state index contributed by atoms with van der Waals surface area (Å²) in [5.74, 6) is -0.425. The zero-order valence-corrected chi connectivity index (χ0v) is 11.6. The van der Waals surface area contributed by atoms with Gasteiger partial charge in [0.15, 0.2) is 0 Å². The highest BCUT2D eigenvalue weighted by molar-refractivity contribution is 6.31. The number of nitro groups is 1. The lowest BCUT2D eigenvalue weighted by Gasteiger charge is -2.09. The van der Waals surface area contributed by atoms with E-state index in [2.05, 4.69) is 5.32 Å². The van der Waals surface area contributed by atoms with Crippen molar-refractivity contribution in [2.45, 2.75) is 6.92 Å². The summed E-state index contributed by atoms with van der Waals surface area (Å²) in [7, 11) is 1.58. The summed E-state index contributed by atoms with van der Waals surface area (Å²) in [6.07, 6.45) is 1.29. The summed E-state index contributed by atoms with van der Waals surface area (Å²) in [4.78, 5) is 22.3. The molecule has 6 nitrogen and oxygen atoms in total. The van der Waals surface area contributed by atoms with Crippen molar-refractivity contribution >= 4 is 28.9 Å². The number of benzene rings is 1. The largest absolute Gasteiger partial charge is 0.340 e. The van der Waals surface area contributed by atoms with E-state index < -0.39 is 10.8 Å². The third-order valence-corrected chi connectivity index (χ3v) is 3.36. The van der Waals surface area contributed by atoms with Crippen molar-refractivity contribution in [2.75, 3.05) is 5.32 Å². The SMILES string of the molecule is Cc1c(Cl)cccc1NC(=O)c1cc([N+](=O)[O-])cn1C. The van der Waals surface area contributed by atoms with Crippen LogP contribution in [0.4, 0.5) is 11.4 Å². The van der Waals surface area contributed by atoms with Crippen LogP contribution in [-0.4, -0.2) is 15.4 Å². The fraction of sp³-hybridized carbons (Fsp3) is 0.154. The fourth-order valence-corrected chi connectivity index (χ4v) is 1.98. The Bertz CT molecular complexity index is 694. The number of hydrogen-bond donors (Lipinski definition) is 1. The second-order valence-corrected chi connectivity index (χ2v) is 4.73. The summed E-state index contributed by atoms with van der Waals surface area (Å²) in [5, 5.41) is 13.9. The highest BCUT2D eigenvalue weighted by atomic mass is 35.5. The minimum absolute atomic E-state index is 0.125. The molecule has 0 saturated heterocycles. The molecule has 0 aliphatic carbocycles. The molecule has 7 heteroatoms. The Labute approximate surface area is 120 Å². The number of halogens is 1. The molecule has 0 unspecified atom stereocenters. The van der Waals surface area contributed by atoms with E-state index in [-0.39, 0.29) is 11.4 Å². The molecular weight excluding hydrogens is 282 g/mol. The molecule has 2 aromatic rings. The second-order valence-electron chi connectivity index (χ2n) is 4.32. The monoisotopic (exact) mass is 293 g/mol. The van der Waals surface area contributed by atoms with Gasteiger partial charge in [0.2, 0.25) is 0 Å². The molecule has 1 aromatic carbocycles. The second kappa shape index (κ2) is 5.34.